The molecule has 9 heteroatoms. The van der Waals surface area contributed by atoms with Crippen molar-refractivity contribution in [3.05, 3.63) is 76.6 Å². The van der Waals surface area contributed by atoms with E-state index in [2.05, 4.69) is 20.2 Å². The summed E-state index contributed by atoms with van der Waals surface area (Å²) in [4.78, 5) is 34.3. The average molecular weight is 460 g/mol. The van der Waals surface area contributed by atoms with E-state index in [1.54, 1.807) is 18.5 Å². The van der Waals surface area contributed by atoms with Crippen LogP contribution in [0.5, 0.6) is 0 Å². The fourth-order valence-electron chi connectivity index (χ4n) is 4.15. The van der Waals surface area contributed by atoms with Crippen molar-refractivity contribution in [2.75, 3.05) is 31.6 Å². The van der Waals surface area contributed by atoms with E-state index in [4.69, 9.17) is 9.47 Å². The quantitative estimate of drug-likeness (QED) is 0.380. The highest BCUT2D eigenvalue weighted by atomic mass is 16.5. The number of nitrogens with one attached hydrogen (secondary N) is 2. The lowest BCUT2D eigenvalue weighted by Gasteiger charge is -2.26. The zero-order valence-corrected chi connectivity index (χ0v) is 18.6. The summed E-state index contributed by atoms with van der Waals surface area (Å²) in [5, 5.41) is 13.5. The summed E-state index contributed by atoms with van der Waals surface area (Å²) >= 11 is 0. The first-order valence-corrected chi connectivity index (χ1v) is 11.0. The molecule has 3 aromatic rings. The van der Waals surface area contributed by atoms with Gasteiger partial charge in [-0.2, -0.15) is 0 Å². The lowest BCUT2D eigenvalue weighted by atomic mass is 10.1. The van der Waals surface area contributed by atoms with E-state index in [-0.39, 0.29) is 11.6 Å². The summed E-state index contributed by atoms with van der Waals surface area (Å²) in [7, 11) is 0. The number of pyridine rings is 1. The van der Waals surface area contributed by atoms with Crippen molar-refractivity contribution >= 4 is 34.5 Å². The molecule has 1 saturated heterocycles. The first-order valence-electron chi connectivity index (χ1n) is 11.0. The maximum atomic E-state index is 12.9. The number of benzene rings is 1. The average Bonchev–Trinajstić information content (AvgIpc) is 3.37. The number of H-pyrrole nitrogens is 1. The van der Waals surface area contributed by atoms with Gasteiger partial charge in [0.25, 0.3) is 0 Å². The molecule has 2 aliphatic heterocycles. The normalized spacial score (nSPS) is 18.0. The maximum Gasteiger partial charge on any atom is 0.345 e. The number of Topliss-reactive ketones (excluding diaryl/α,β-unsaturated/α-hetero) is 1. The van der Waals surface area contributed by atoms with Crippen molar-refractivity contribution in [2.24, 2.45) is 0 Å². The van der Waals surface area contributed by atoms with E-state index in [1.807, 2.05) is 31.2 Å². The van der Waals surface area contributed by atoms with Gasteiger partial charge in [-0.25, -0.2) is 9.78 Å². The molecule has 1 fully saturated rings. The number of aryl methyl sites for hydroxylation is 1. The second-order valence-corrected chi connectivity index (χ2v) is 8.26. The second kappa shape index (κ2) is 9.12. The number of carboxylic acids is 1. The highest BCUT2D eigenvalue weighted by molar-refractivity contribution is 6.26. The van der Waals surface area contributed by atoms with Gasteiger partial charge in [0.15, 0.2) is 11.3 Å². The number of hydrogen-bond acceptors (Lipinski definition) is 7. The number of allylic oxidation sites excluding steroid dienone is 1. The number of aliphatic carboxylic acids is 1. The second-order valence-electron chi connectivity index (χ2n) is 8.26. The molecule has 0 amide bonds. The van der Waals surface area contributed by atoms with Gasteiger partial charge in [-0.1, -0.05) is 12.1 Å². The van der Waals surface area contributed by atoms with Crippen molar-refractivity contribution in [3.8, 4) is 0 Å². The maximum absolute atomic E-state index is 12.9. The highest BCUT2D eigenvalue weighted by Gasteiger charge is 2.36. The Kier molecular flexibility index (Phi) is 5.87. The molecule has 34 heavy (non-hydrogen) atoms. The third-order valence-corrected chi connectivity index (χ3v) is 5.92. The van der Waals surface area contributed by atoms with E-state index in [9.17, 15) is 14.7 Å². The van der Waals surface area contributed by atoms with Crippen LogP contribution in [0.4, 0.5) is 5.69 Å². The summed E-state index contributed by atoms with van der Waals surface area (Å²) < 4.78 is 11.1. The first kappa shape index (κ1) is 21.9. The lowest BCUT2D eigenvalue weighted by Crippen LogP contribution is -2.35. The standard InChI is InChI=1S/C25H24N4O5/c1-15-11-16(14-29-7-9-33-10-8-29)4-5-19(15)28-24-21(25(31)32)22(30)20(34-24)12-17-13-27-23-18(17)3-2-6-26-23/h2-6,11-13,28H,7-10,14H2,1H3,(H,26,27)(H,31,32)/b20-12-. The van der Waals surface area contributed by atoms with Crippen molar-refractivity contribution in [1.82, 2.24) is 14.9 Å². The van der Waals surface area contributed by atoms with E-state index in [0.29, 0.717) is 16.9 Å². The topological polar surface area (TPSA) is 117 Å². The highest BCUT2D eigenvalue weighted by Crippen LogP contribution is 2.30. The molecule has 2 aliphatic rings. The first-order chi connectivity index (χ1) is 16.5. The Morgan fingerprint density at radius 2 is 2.12 bits per heavy atom. The molecule has 2 aromatic heterocycles. The number of aromatic amines is 1. The summed E-state index contributed by atoms with van der Waals surface area (Å²) in [5.74, 6) is -2.19. The zero-order valence-electron chi connectivity index (χ0n) is 18.6. The van der Waals surface area contributed by atoms with E-state index in [0.717, 1.165) is 49.4 Å². The Morgan fingerprint density at radius 3 is 2.88 bits per heavy atom. The van der Waals surface area contributed by atoms with Gasteiger partial charge >= 0.3 is 5.97 Å². The van der Waals surface area contributed by atoms with E-state index in [1.165, 1.54) is 6.08 Å². The molecule has 174 valence electrons. The number of nitrogens with zero attached hydrogens (tertiary/aromatic N) is 2. The summed E-state index contributed by atoms with van der Waals surface area (Å²) in [6, 6.07) is 9.55. The molecule has 0 saturated carbocycles. The minimum Gasteiger partial charge on any atom is -0.477 e. The van der Waals surface area contributed by atoms with Gasteiger partial charge < -0.3 is 24.9 Å². The number of ketones is 1. The molecule has 0 spiro atoms. The molecule has 0 atom stereocenters. The fourth-order valence-corrected chi connectivity index (χ4v) is 4.15. The van der Waals surface area contributed by atoms with Crippen LogP contribution in [0.2, 0.25) is 0 Å². The number of carbonyl (C=O) groups excluding carboxylic acids is 1. The fraction of sp³-hybridized carbons (Fsp3) is 0.240. The molecular weight excluding hydrogens is 436 g/mol. The van der Waals surface area contributed by atoms with E-state index < -0.39 is 17.3 Å². The molecule has 1 aromatic carbocycles. The number of ether oxygens (including phenoxy) is 2. The molecule has 0 radical (unpaired) electrons. The number of fused-ring (bicyclic) bond motifs is 1. The largest absolute Gasteiger partial charge is 0.477 e. The van der Waals surface area contributed by atoms with Crippen molar-refractivity contribution in [3.63, 3.8) is 0 Å². The number of hydrogen-bond donors (Lipinski definition) is 3. The van der Waals surface area contributed by atoms with E-state index >= 15 is 0 Å². The molecule has 0 aliphatic carbocycles. The predicted molar refractivity (Wildman–Crippen MR) is 126 cm³/mol. The summed E-state index contributed by atoms with van der Waals surface area (Å²) in [6.45, 7) is 6.01. The van der Waals surface area contributed by atoms with Gasteiger partial charge in [0, 0.05) is 48.7 Å². The molecule has 4 heterocycles. The third kappa shape index (κ3) is 4.30. The molecule has 3 N–H and O–H groups in total. The number of anilines is 1. The zero-order chi connectivity index (χ0) is 23.7. The molecule has 0 bridgehead atoms. The Morgan fingerprint density at radius 1 is 1.29 bits per heavy atom. The van der Waals surface area contributed by atoms with Gasteiger partial charge in [-0.05, 0) is 42.3 Å². The van der Waals surface area contributed by atoms with Gasteiger partial charge in [-0.15, -0.1) is 0 Å². The van der Waals surface area contributed by atoms with Gasteiger partial charge in [0.2, 0.25) is 11.7 Å². The van der Waals surface area contributed by atoms with Gasteiger partial charge in [-0.3, -0.25) is 9.69 Å². The predicted octanol–water partition coefficient (Wildman–Crippen LogP) is 3.05. The van der Waals surface area contributed by atoms with Gasteiger partial charge in [0.1, 0.15) is 5.65 Å². The van der Waals surface area contributed by atoms with Crippen LogP contribution >= 0.6 is 0 Å². The number of morpholine rings is 1. The van der Waals surface area contributed by atoms with Crippen molar-refractivity contribution in [2.45, 2.75) is 13.5 Å². The monoisotopic (exact) mass is 460 g/mol. The number of aromatic nitrogens is 2. The lowest BCUT2D eigenvalue weighted by molar-refractivity contribution is -0.134. The van der Waals surface area contributed by atoms with Crippen molar-refractivity contribution < 1.29 is 24.2 Å². The van der Waals surface area contributed by atoms with Crippen LogP contribution in [-0.4, -0.2) is 58.0 Å². The third-order valence-electron chi connectivity index (χ3n) is 5.92. The number of rotatable bonds is 6. The Bertz CT molecular complexity index is 1330. The Balaban J connectivity index is 1.38. The molecular formula is C25H24N4O5. The van der Waals surface area contributed by atoms with Crippen molar-refractivity contribution in [1.29, 1.82) is 0 Å². The van der Waals surface area contributed by atoms with Crippen LogP contribution in [0.25, 0.3) is 17.1 Å². The van der Waals surface area contributed by atoms with Crippen LogP contribution in [0.3, 0.4) is 0 Å². The van der Waals surface area contributed by atoms with Crippen LogP contribution in [-0.2, 0) is 25.6 Å². The molecule has 0 unspecified atom stereocenters. The van der Waals surface area contributed by atoms with Crippen LogP contribution in [0.1, 0.15) is 16.7 Å². The minimum absolute atomic E-state index is 0.0637. The van der Waals surface area contributed by atoms with Crippen LogP contribution in [0, 0.1) is 6.92 Å². The van der Waals surface area contributed by atoms with Crippen LogP contribution in [0.15, 0.2) is 59.9 Å². The molecule has 5 rings (SSSR count). The molecule has 9 nitrogen and oxygen atoms in total. The SMILES string of the molecule is Cc1cc(CN2CCOCC2)ccc1NC1=C(C(=O)O)C(=O)/C(=C/c2c[nH]c3ncccc23)O1. The number of carboxylic acid groups (broad SMARTS) is 1. The smallest absolute Gasteiger partial charge is 0.345 e. The Labute approximate surface area is 195 Å². The minimum atomic E-state index is -1.35. The summed E-state index contributed by atoms with van der Waals surface area (Å²) in [6.07, 6.45) is 4.89. The number of carbonyl (C=O) groups is 2. The summed E-state index contributed by atoms with van der Waals surface area (Å²) in [5.41, 5.74) is 3.65. The van der Waals surface area contributed by atoms with Crippen LogP contribution < -0.4 is 5.32 Å². The van der Waals surface area contributed by atoms with Gasteiger partial charge in [0.05, 0.1) is 13.2 Å². The Hall–Kier alpha value is -3.95.